The first-order valence-electron chi connectivity index (χ1n) is 9.15. The Bertz CT molecular complexity index is 1450. The second kappa shape index (κ2) is 7.52. The van der Waals surface area contributed by atoms with Crippen molar-refractivity contribution in [2.24, 2.45) is 7.05 Å². The van der Waals surface area contributed by atoms with Crippen LogP contribution < -0.4 is 16.6 Å². The lowest BCUT2D eigenvalue weighted by Crippen LogP contribution is -2.34. The fraction of sp³-hybridized carbons (Fsp3) is 0.0952. The summed E-state index contributed by atoms with van der Waals surface area (Å²) in [6.07, 6.45) is -3.20. The molecule has 0 saturated carbocycles. The molecule has 0 radical (unpaired) electrons. The number of aryl methyl sites for hydroxylation is 1. The van der Waals surface area contributed by atoms with Crippen LogP contribution in [0.2, 0.25) is 0 Å². The van der Waals surface area contributed by atoms with Gasteiger partial charge in [0.1, 0.15) is 11.3 Å². The normalized spacial score (nSPS) is 11.7. The van der Waals surface area contributed by atoms with E-state index in [0.29, 0.717) is 0 Å². The summed E-state index contributed by atoms with van der Waals surface area (Å²) in [5.74, 6) is -1.27. The molecular weight excluding hydrogens is 432 g/mol. The minimum absolute atomic E-state index is 0.00601. The molecule has 4 rings (SSSR count). The van der Waals surface area contributed by atoms with E-state index in [4.69, 9.17) is 0 Å². The highest BCUT2D eigenvalue weighted by Gasteiger charge is 2.30. The van der Waals surface area contributed by atoms with Gasteiger partial charge in [-0.05, 0) is 48.5 Å². The number of nitrogens with zero attached hydrogens (tertiary/aromatic N) is 2. The predicted molar refractivity (Wildman–Crippen MR) is 108 cm³/mol. The molecule has 2 heterocycles. The Kier molecular flexibility index (Phi) is 4.96. The van der Waals surface area contributed by atoms with Crippen LogP contribution in [0, 0.1) is 5.82 Å². The van der Waals surface area contributed by atoms with Crippen molar-refractivity contribution in [3.63, 3.8) is 0 Å². The number of H-pyrrole nitrogens is 1. The number of anilines is 1. The number of hydrogen-bond donors (Lipinski definition) is 2. The van der Waals surface area contributed by atoms with Crippen LogP contribution in [0.5, 0.6) is 0 Å². The molecule has 0 fully saturated rings. The summed E-state index contributed by atoms with van der Waals surface area (Å²) in [5, 5.41) is 2.44. The molecule has 2 N–H and O–H groups in total. The maximum atomic E-state index is 13.2. The monoisotopic (exact) mass is 446 g/mol. The van der Waals surface area contributed by atoms with Crippen LogP contribution in [0.1, 0.15) is 15.9 Å². The van der Waals surface area contributed by atoms with Gasteiger partial charge in [-0.25, -0.2) is 13.8 Å². The van der Waals surface area contributed by atoms with E-state index in [2.05, 4.69) is 10.3 Å². The summed E-state index contributed by atoms with van der Waals surface area (Å²) in [6, 6.07) is 8.55. The number of amides is 1. The van der Waals surface area contributed by atoms with Gasteiger partial charge < -0.3 is 14.9 Å². The summed E-state index contributed by atoms with van der Waals surface area (Å²) in [7, 11) is 1.49. The van der Waals surface area contributed by atoms with E-state index in [1.54, 1.807) is 0 Å². The molecule has 0 aliphatic rings. The number of nitrogens with one attached hydrogen (secondary N) is 2. The lowest BCUT2D eigenvalue weighted by molar-refractivity contribution is -0.137. The van der Waals surface area contributed by atoms with Crippen LogP contribution in [0.15, 0.2) is 64.3 Å². The highest BCUT2D eigenvalue weighted by atomic mass is 19.4. The number of halogens is 4. The molecule has 0 bridgehead atoms. The first-order chi connectivity index (χ1) is 15.1. The number of aromatic amines is 1. The molecule has 0 aliphatic heterocycles. The highest BCUT2D eigenvalue weighted by Crippen LogP contribution is 2.30. The number of aromatic nitrogens is 3. The topological polar surface area (TPSA) is 88.9 Å². The molecular formula is C21H14F4N4O3. The molecule has 2 aromatic heterocycles. The van der Waals surface area contributed by atoms with Crippen molar-refractivity contribution in [1.82, 2.24) is 14.1 Å². The van der Waals surface area contributed by atoms with Gasteiger partial charge in [-0.3, -0.25) is 9.59 Å². The maximum Gasteiger partial charge on any atom is 0.416 e. The average molecular weight is 446 g/mol. The molecule has 0 atom stereocenters. The van der Waals surface area contributed by atoms with Crippen molar-refractivity contribution in [2.75, 3.05) is 5.32 Å². The summed E-state index contributed by atoms with van der Waals surface area (Å²) < 4.78 is 53.4. The number of benzene rings is 2. The van der Waals surface area contributed by atoms with Crippen molar-refractivity contribution in [3.05, 3.63) is 92.5 Å². The smallest absolute Gasteiger partial charge is 0.344 e. The van der Waals surface area contributed by atoms with Crippen LogP contribution in [0.4, 0.5) is 23.2 Å². The van der Waals surface area contributed by atoms with Crippen LogP contribution >= 0.6 is 0 Å². The summed E-state index contributed by atoms with van der Waals surface area (Å²) >= 11 is 0. The van der Waals surface area contributed by atoms with Gasteiger partial charge in [0, 0.05) is 18.9 Å². The van der Waals surface area contributed by atoms with E-state index >= 15 is 0 Å². The standard InChI is InChI=1S/C21H14F4N4O3/c1-28-10-15(18(30)26-13-6-2-11(3-7-13)21(23,24)25)16-17(28)19(31)29(20(32)27-16)14-8-4-12(22)5-9-14/h2-10H,1H3,(H,26,30)(H,27,32). The predicted octanol–water partition coefficient (Wildman–Crippen LogP) is 3.43. The Hall–Kier alpha value is -4.15. The van der Waals surface area contributed by atoms with E-state index < -0.39 is 34.7 Å². The molecule has 2 aromatic carbocycles. The molecule has 0 spiro atoms. The SMILES string of the molecule is Cn1cc(C(=O)Nc2ccc(C(F)(F)F)cc2)c2[nH]c(=O)n(-c3ccc(F)cc3)c(=O)c21. The maximum absolute atomic E-state index is 13.2. The lowest BCUT2D eigenvalue weighted by atomic mass is 10.2. The number of rotatable bonds is 3. The summed E-state index contributed by atoms with van der Waals surface area (Å²) in [6.45, 7) is 0. The van der Waals surface area contributed by atoms with Gasteiger partial charge >= 0.3 is 11.9 Å². The Balaban J connectivity index is 1.74. The third kappa shape index (κ3) is 3.68. The molecule has 1 amide bonds. The Morgan fingerprint density at radius 1 is 1.00 bits per heavy atom. The minimum Gasteiger partial charge on any atom is -0.344 e. The quantitative estimate of drug-likeness (QED) is 0.473. The zero-order chi connectivity index (χ0) is 23.2. The molecule has 0 saturated heterocycles. The van der Waals surface area contributed by atoms with E-state index in [1.807, 2.05) is 0 Å². The highest BCUT2D eigenvalue weighted by molar-refractivity contribution is 6.11. The van der Waals surface area contributed by atoms with Gasteiger partial charge in [-0.2, -0.15) is 13.2 Å². The molecule has 164 valence electrons. The fourth-order valence-electron chi connectivity index (χ4n) is 3.31. The number of carbonyl (C=O) groups excluding carboxylic acids is 1. The van der Waals surface area contributed by atoms with Crippen molar-refractivity contribution in [2.45, 2.75) is 6.18 Å². The van der Waals surface area contributed by atoms with Crippen LogP contribution in [0.25, 0.3) is 16.7 Å². The van der Waals surface area contributed by atoms with Crippen molar-refractivity contribution < 1.29 is 22.4 Å². The zero-order valence-electron chi connectivity index (χ0n) is 16.3. The zero-order valence-corrected chi connectivity index (χ0v) is 16.3. The van der Waals surface area contributed by atoms with Crippen molar-refractivity contribution in [3.8, 4) is 5.69 Å². The Morgan fingerprint density at radius 2 is 1.62 bits per heavy atom. The van der Waals surface area contributed by atoms with Crippen molar-refractivity contribution >= 4 is 22.6 Å². The Labute approximate surface area is 176 Å². The average Bonchev–Trinajstić information content (AvgIpc) is 3.05. The Morgan fingerprint density at radius 3 is 2.22 bits per heavy atom. The van der Waals surface area contributed by atoms with Crippen LogP contribution in [0.3, 0.4) is 0 Å². The minimum atomic E-state index is -4.51. The number of hydrogen-bond acceptors (Lipinski definition) is 3. The van der Waals surface area contributed by atoms with Gasteiger partial charge in [0.15, 0.2) is 0 Å². The van der Waals surface area contributed by atoms with E-state index in [9.17, 15) is 31.9 Å². The van der Waals surface area contributed by atoms with E-state index in [-0.39, 0.29) is 28.0 Å². The molecule has 7 nitrogen and oxygen atoms in total. The van der Waals surface area contributed by atoms with Crippen LogP contribution in [-0.4, -0.2) is 20.0 Å². The second-order valence-electron chi connectivity index (χ2n) is 6.95. The van der Waals surface area contributed by atoms with E-state index in [0.717, 1.165) is 41.0 Å². The molecule has 11 heteroatoms. The van der Waals surface area contributed by atoms with Gasteiger partial charge in [-0.1, -0.05) is 0 Å². The van der Waals surface area contributed by atoms with Gasteiger partial charge in [0.25, 0.3) is 11.5 Å². The second-order valence-corrected chi connectivity index (χ2v) is 6.95. The molecule has 32 heavy (non-hydrogen) atoms. The van der Waals surface area contributed by atoms with Gasteiger partial charge in [0.05, 0.1) is 22.3 Å². The number of carbonyl (C=O) groups is 1. The summed E-state index contributed by atoms with van der Waals surface area (Å²) in [5.41, 5.74) is -2.29. The first-order valence-corrected chi connectivity index (χ1v) is 9.15. The third-order valence-electron chi connectivity index (χ3n) is 4.82. The summed E-state index contributed by atoms with van der Waals surface area (Å²) in [4.78, 5) is 40.8. The molecule has 0 unspecified atom stereocenters. The van der Waals surface area contributed by atoms with Crippen molar-refractivity contribution in [1.29, 1.82) is 0 Å². The largest absolute Gasteiger partial charge is 0.416 e. The van der Waals surface area contributed by atoms with Crippen LogP contribution in [-0.2, 0) is 13.2 Å². The molecule has 4 aromatic rings. The van der Waals surface area contributed by atoms with Gasteiger partial charge in [-0.15, -0.1) is 0 Å². The number of alkyl halides is 3. The molecule has 0 aliphatic carbocycles. The lowest BCUT2D eigenvalue weighted by Gasteiger charge is -2.09. The third-order valence-corrected chi connectivity index (χ3v) is 4.82. The first kappa shape index (κ1) is 21.1. The fourth-order valence-corrected chi connectivity index (χ4v) is 3.31. The number of fused-ring (bicyclic) bond motifs is 1. The van der Waals surface area contributed by atoms with E-state index in [1.165, 1.54) is 29.9 Å². The van der Waals surface area contributed by atoms with Gasteiger partial charge in [0.2, 0.25) is 0 Å².